The van der Waals surface area contributed by atoms with Crippen LogP contribution in [0.3, 0.4) is 0 Å². The second-order valence-electron chi connectivity index (χ2n) is 15.1. The molecule has 1 aromatic carbocycles. The molecule has 302 valence electrons. The molecule has 0 fully saturated rings. The van der Waals surface area contributed by atoms with Gasteiger partial charge in [-0.2, -0.15) is 4.33 Å². The number of carbonyl (C=O) groups excluding carboxylic acids is 2. The summed E-state index contributed by atoms with van der Waals surface area (Å²) >= 11 is 0.690. The van der Waals surface area contributed by atoms with E-state index in [4.69, 9.17) is 0 Å². The van der Waals surface area contributed by atoms with Gasteiger partial charge < -0.3 is 15.9 Å². The molecule has 0 aliphatic heterocycles. The van der Waals surface area contributed by atoms with Crippen LogP contribution in [0.25, 0.3) is 0 Å². The van der Waals surface area contributed by atoms with Crippen LogP contribution in [0.15, 0.2) is 23.1 Å². The zero-order valence-electron chi connectivity index (χ0n) is 34.7. The van der Waals surface area contributed by atoms with Crippen molar-refractivity contribution < 1.29 is 53.8 Å². The van der Waals surface area contributed by atoms with Crippen molar-refractivity contribution in [3.63, 3.8) is 0 Å². The Kier molecular flexibility index (Phi) is 40.6. The first-order valence-electron chi connectivity index (χ1n) is 22.0. The van der Waals surface area contributed by atoms with Crippen molar-refractivity contribution >= 4 is 23.9 Å². The first-order valence-corrected chi connectivity index (χ1v) is 22.7. The van der Waals surface area contributed by atoms with Gasteiger partial charge in [0.05, 0.1) is 12.0 Å². The summed E-state index contributed by atoms with van der Waals surface area (Å²) in [4.78, 5) is 26.3. The molecular weight excluding hydrogens is 692 g/mol. The minimum absolute atomic E-state index is 0. The third-order valence-electron chi connectivity index (χ3n) is 10.2. The molecule has 1 rings (SSSR count). The Labute approximate surface area is 352 Å². The van der Waals surface area contributed by atoms with Gasteiger partial charge in [0.1, 0.15) is 0 Å². The molecule has 0 aliphatic rings. The van der Waals surface area contributed by atoms with Crippen LogP contribution >= 0.6 is 12.0 Å². The fourth-order valence-corrected chi connectivity index (χ4v) is 7.37. The number of rotatable bonds is 39. The molecule has 9 heteroatoms. The Morgan fingerprint density at radius 1 is 0.472 bits per heavy atom. The van der Waals surface area contributed by atoms with Crippen LogP contribution < -0.4 is 45.4 Å². The van der Waals surface area contributed by atoms with E-state index in [1.165, 1.54) is 180 Å². The average molecular weight is 771 g/mol. The Morgan fingerprint density at radius 2 is 0.736 bits per heavy atom. The second kappa shape index (κ2) is 41.0. The van der Waals surface area contributed by atoms with Gasteiger partial charge in [0.15, 0.2) is 0 Å². The molecule has 0 spiro atoms. The maximum Gasteiger partial charge on any atom is 1.00 e. The van der Waals surface area contributed by atoms with Gasteiger partial charge in [-0.1, -0.05) is 206 Å². The molecule has 0 radical (unpaired) electrons. The molecule has 0 aromatic heterocycles. The summed E-state index contributed by atoms with van der Waals surface area (Å²) in [6, 6.07) is 4.83. The van der Waals surface area contributed by atoms with Gasteiger partial charge in [-0.3, -0.25) is 14.6 Å². The Bertz CT molecular complexity index is 901. The fraction of sp³-hybridized carbons (Fsp3) is 0.818. The van der Waals surface area contributed by atoms with Crippen LogP contribution in [-0.2, 0) is 9.37 Å². The quantitative estimate of drug-likeness (QED) is 0.0227. The third-order valence-corrected chi connectivity index (χ3v) is 10.8. The smallest absolute Gasteiger partial charge is 0.691 e. The van der Waals surface area contributed by atoms with Gasteiger partial charge in [0.2, 0.25) is 0 Å². The zero-order chi connectivity index (χ0) is 37.6. The van der Waals surface area contributed by atoms with Crippen molar-refractivity contribution in [3.05, 3.63) is 29.3 Å². The number of unbranched alkanes of at least 4 members (excludes halogenated alkanes) is 30. The van der Waals surface area contributed by atoms with Crippen molar-refractivity contribution in [1.82, 2.24) is 10.6 Å². The third kappa shape index (κ3) is 33.3. The van der Waals surface area contributed by atoms with E-state index in [0.717, 1.165) is 25.7 Å². The SMILES string of the molecule is CCCCCCCCCCCCCCCCCCNC(=O)c1cc(SOO[O-])cc(C(=O)NCCCCCCCCCCCCCCCCCC)c1.[Na+]. The number of hydrogen-bond donors (Lipinski definition) is 2. The predicted molar refractivity (Wildman–Crippen MR) is 218 cm³/mol. The van der Waals surface area contributed by atoms with Gasteiger partial charge in [0.25, 0.3) is 11.8 Å². The number of carbonyl (C=O) groups is 2. The van der Waals surface area contributed by atoms with Crippen molar-refractivity contribution in [1.29, 1.82) is 0 Å². The number of nitrogens with one attached hydrogen (secondary N) is 2. The summed E-state index contributed by atoms with van der Waals surface area (Å²) < 4.78 is 4.48. The Morgan fingerprint density at radius 3 is 1.00 bits per heavy atom. The van der Waals surface area contributed by atoms with Crippen LogP contribution in [-0.4, -0.2) is 24.9 Å². The minimum atomic E-state index is -0.238. The van der Waals surface area contributed by atoms with Crippen molar-refractivity contribution in [2.24, 2.45) is 0 Å². The van der Waals surface area contributed by atoms with E-state index < -0.39 is 0 Å². The maximum atomic E-state index is 12.9. The molecule has 0 saturated heterocycles. The summed E-state index contributed by atoms with van der Waals surface area (Å²) in [7, 11) is 0. The van der Waals surface area contributed by atoms with E-state index in [0.29, 0.717) is 41.2 Å². The van der Waals surface area contributed by atoms with Gasteiger partial charge >= 0.3 is 29.6 Å². The molecule has 0 heterocycles. The Hall–Kier alpha value is -0.610. The number of amides is 2. The van der Waals surface area contributed by atoms with Crippen molar-refractivity contribution in [2.75, 3.05) is 13.1 Å². The first kappa shape index (κ1) is 52.4. The zero-order valence-corrected chi connectivity index (χ0v) is 37.5. The van der Waals surface area contributed by atoms with Crippen molar-refractivity contribution in [3.8, 4) is 0 Å². The second-order valence-corrected chi connectivity index (χ2v) is 15.9. The van der Waals surface area contributed by atoms with E-state index >= 15 is 0 Å². The van der Waals surface area contributed by atoms with Crippen LogP contribution in [0.5, 0.6) is 0 Å². The molecule has 0 saturated carbocycles. The average Bonchev–Trinajstić information content (AvgIpc) is 3.16. The van der Waals surface area contributed by atoms with Crippen molar-refractivity contribution in [2.45, 2.75) is 224 Å². The first-order chi connectivity index (χ1) is 25.6. The van der Waals surface area contributed by atoms with E-state index in [2.05, 4.69) is 33.9 Å². The number of hydrogen-bond acceptors (Lipinski definition) is 6. The molecule has 0 atom stereocenters. The van der Waals surface area contributed by atoms with Crippen LogP contribution in [0, 0.1) is 0 Å². The van der Waals surface area contributed by atoms with E-state index in [1.807, 2.05) is 0 Å². The van der Waals surface area contributed by atoms with Crippen LogP contribution in [0.1, 0.15) is 240 Å². The molecule has 53 heavy (non-hydrogen) atoms. The molecule has 2 N–H and O–H groups in total. The number of benzene rings is 1. The van der Waals surface area contributed by atoms with Gasteiger partial charge in [-0.15, -0.1) is 0 Å². The van der Waals surface area contributed by atoms with Gasteiger partial charge in [0, 0.05) is 29.1 Å². The standard InChI is InChI=1S/C44H80N2O5S.Na/c1-3-5-7-9-11-13-15-17-19-21-23-25-27-29-31-33-35-45-43(47)40-37-41(39-42(38-40)52-51-50-49)44(48)46-36-34-32-30-28-26-24-22-20-18-16-14-12-10-8-6-4-2;/h37-39,49H,3-36H2,1-2H3,(H,45,47)(H,46,48);/q;+1/p-1. The molecule has 7 nitrogen and oxygen atoms in total. The maximum absolute atomic E-state index is 12.9. The van der Waals surface area contributed by atoms with Crippen LogP contribution in [0.2, 0.25) is 0 Å². The predicted octanol–water partition coefficient (Wildman–Crippen LogP) is 9.90. The van der Waals surface area contributed by atoms with Gasteiger partial charge in [-0.25, -0.2) is 0 Å². The largest absolute Gasteiger partial charge is 1.00 e. The summed E-state index contributed by atoms with van der Waals surface area (Å²) in [6.07, 6.45) is 42.0. The van der Waals surface area contributed by atoms with E-state index in [9.17, 15) is 14.8 Å². The fourth-order valence-electron chi connectivity index (χ4n) is 6.92. The summed E-state index contributed by atoms with van der Waals surface area (Å²) in [5.41, 5.74) is 0.729. The summed E-state index contributed by atoms with van der Waals surface area (Å²) in [5, 5.41) is 19.9. The van der Waals surface area contributed by atoms with E-state index in [-0.39, 0.29) is 41.4 Å². The van der Waals surface area contributed by atoms with E-state index in [1.54, 1.807) is 18.2 Å². The summed E-state index contributed by atoms with van der Waals surface area (Å²) in [5.74, 6) is -0.475. The van der Waals surface area contributed by atoms with Gasteiger partial charge in [-0.05, 0) is 31.0 Å². The normalized spacial score (nSPS) is 11.1. The Balaban J connectivity index is 0.0000270. The monoisotopic (exact) mass is 771 g/mol. The molecular formula is C44H79N2NaO5S. The molecule has 0 bridgehead atoms. The molecule has 0 aliphatic carbocycles. The summed E-state index contributed by atoms with van der Waals surface area (Å²) in [6.45, 7) is 5.73. The minimum Gasteiger partial charge on any atom is -0.691 e. The van der Waals surface area contributed by atoms with Crippen LogP contribution in [0.4, 0.5) is 0 Å². The molecule has 0 unspecified atom stereocenters. The molecule has 2 amide bonds. The molecule has 1 aromatic rings. The topological polar surface area (TPSA) is 99.7 Å².